The van der Waals surface area contributed by atoms with Crippen LogP contribution >= 0.6 is 0 Å². The number of allylic oxidation sites excluding steroid dienone is 2. The molecular formula is C11H20N2O2. The van der Waals surface area contributed by atoms with Crippen molar-refractivity contribution in [1.29, 1.82) is 0 Å². The molecule has 0 saturated carbocycles. The van der Waals surface area contributed by atoms with Gasteiger partial charge < -0.3 is 15.4 Å². The van der Waals surface area contributed by atoms with E-state index in [0.717, 1.165) is 25.9 Å². The van der Waals surface area contributed by atoms with Gasteiger partial charge in [0.15, 0.2) is 0 Å². The van der Waals surface area contributed by atoms with Crippen LogP contribution in [0.1, 0.15) is 12.8 Å². The molecule has 4 heteroatoms. The summed E-state index contributed by atoms with van der Waals surface area (Å²) in [5, 5.41) is 6.10. The van der Waals surface area contributed by atoms with Crippen molar-refractivity contribution in [2.75, 3.05) is 33.4 Å². The van der Waals surface area contributed by atoms with Crippen LogP contribution in [-0.2, 0) is 9.53 Å². The summed E-state index contributed by atoms with van der Waals surface area (Å²) < 4.78 is 4.89. The van der Waals surface area contributed by atoms with Crippen LogP contribution in [0, 0.1) is 5.92 Å². The van der Waals surface area contributed by atoms with Gasteiger partial charge >= 0.3 is 0 Å². The molecule has 86 valence electrons. The molecule has 0 atom stereocenters. The number of methoxy groups -OCH3 is 1. The van der Waals surface area contributed by atoms with Gasteiger partial charge in [0.1, 0.15) is 0 Å². The van der Waals surface area contributed by atoms with Crippen LogP contribution in [0.25, 0.3) is 0 Å². The second-order valence-corrected chi connectivity index (χ2v) is 3.67. The molecule has 0 saturated heterocycles. The summed E-state index contributed by atoms with van der Waals surface area (Å²) in [5.41, 5.74) is 0. The minimum absolute atomic E-state index is 0.170. The van der Waals surface area contributed by atoms with E-state index >= 15 is 0 Å². The Labute approximate surface area is 91.1 Å². The number of ether oxygens (including phenoxy) is 1. The zero-order valence-corrected chi connectivity index (χ0v) is 9.29. The second kappa shape index (κ2) is 7.43. The molecule has 15 heavy (non-hydrogen) atoms. The lowest BCUT2D eigenvalue weighted by Crippen LogP contribution is -2.35. The normalized spacial score (nSPS) is 15.8. The standard InChI is InChI=1S/C11H20N2O2/c1-15-9-8-12-6-7-13-11(14)10-4-2-3-5-10/h2-3,10,12H,4-9H2,1H3,(H,13,14). The molecule has 1 aliphatic rings. The average molecular weight is 212 g/mol. The molecule has 0 aromatic heterocycles. The number of hydrogen-bond acceptors (Lipinski definition) is 3. The fourth-order valence-corrected chi connectivity index (χ4v) is 1.55. The molecule has 0 aromatic rings. The Morgan fingerprint density at radius 3 is 2.73 bits per heavy atom. The summed E-state index contributed by atoms with van der Waals surface area (Å²) in [7, 11) is 1.68. The SMILES string of the molecule is COCCNCCNC(=O)C1CC=CC1. The summed E-state index contributed by atoms with van der Waals surface area (Å²) in [4.78, 5) is 11.5. The highest BCUT2D eigenvalue weighted by molar-refractivity contribution is 5.79. The summed E-state index contributed by atoms with van der Waals surface area (Å²) in [6.45, 7) is 3.03. The number of carbonyl (C=O) groups excluding carboxylic acids is 1. The zero-order chi connectivity index (χ0) is 10.9. The molecule has 0 bridgehead atoms. The highest BCUT2D eigenvalue weighted by atomic mass is 16.5. The van der Waals surface area contributed by atoms with Gasteiger partial charge in [-0.3, -0.25) is 4.79 Å². The molecule has 4 nitrogen and oxygen atoms in total. The maximum Gasteiger partial charge on any atom is 0.223 e. The van der Waals surface area contributed by atoms with Crippen LogP contribution < -0.4 is 10.6 Å². The number of hydrogen-bond donors (Lipinski definition) is 2. The maximum atomic E-state index is 11.5. The Bertz CT molecular complexity index is 209. The first-order valence-electron chi connectivity index (χ1n) is 5.47. The van der Waals surface area contributed by atoms with Crippen molar-refractivity contribution in [3.05, 3.63) is 12.2 Å². The number of nitrogens with one attached hydrogen (secondary N) is 2. The van der Waals surface area contributed by atoms with Crippen molar-refractivity contribution < 1.29 is 9.53 Å². The first kappa shape index (κ1) is 12.2. The van der Waals surface area contributed by atoms with E-state index in [1.807, 2.05) is 0 Å². The van der Waals surface area contributed by atoms with Crippen molar-refractivity contribution in [3.8, 4) is 0 Å². The van der Waals surface area contributed by atoms with Crippen molar-refractivity contribution in [2.45, 2.75) is 12.8 Å². The molecule has 0 spiro atoms. The van der Waals surface area contributed by atoms with Gasteiger partial charge in [0.05, 0.1) is 6.61 Å². The number of rotatable bonds is 7. The molecule has 0 fully saturated rings. The molecule has 0 aliphatic heterocycles. The fourth-order valence-electron chi connectivity index (χ4n) is 1.55. The first-order chi connectivity index (χ1) is 7.34. The first-order valence-corrected chi connectivity index (χ1v) is 5.47. The molecule has 0 heterocycles. The Morgan fingerprint density at radius 2 is 2.07 bits per heavy atom. The quantitative estimate of drug-likeness (QED) is 0.471. The van der Waals surface area contributed by atoms with E-state index in [2.05, 4.69) is 22.8 Å². The van der Waals surface area contributed by atoms with E-state index in [1.165, 1.54) is 0 Å². The van der Waals surface area contributed by atoms with Crippen molar-refractivity contribution >= 4 is 5.91 Å². The van der Waals surface area contributed by atoms with Crippen LogP contribution in [0.4, 0.5) is 0 Å². The van der Waals surface area contributed by atoms with Crippen molar-refractivity contribution in [2.24, 2.45) is 5.92 Å². The second-order valence-electron chi connectivity index (χ2n) is 3.67. The molecule has 2 N–H and O–H groups in total. The van der Waals surface area contributed by atoms with Crippen molar-refractivity contribution in [1.82, 2.24) is 10.6 Å². The van der Waals surface area contributed by atoms with Crippen molar-refractivity contribution in [3.63, 3.8) is 0 Å². The number of amides is 1. The third-order valence-electron chi connectivity index (χ3n) is 2.46. The summed E-state index contributed by atoms with van der Waals surface area (Å²) in [5.74, 6) is 0.345. The van der Waals surface area contributed by atoms with Crippen LogP contribution in [0.2, 0.25) is 0 Å². The van der Waals surface area contributed by atoms with Gasteiger partial charge in [0.25, 0.3) is 0 Å². The summed E-state index contributed by atoms with van der Waals surface area (Å²) in [6, 6.07) is 0. The highest BCUT2D eigenvalue weighted by Gasteiger charge is 2.17. The number of carbonyl (C=O) groups is 1. The van der Waals surface area contributed by atoms with E-state index in [9.17, 15) is 4.79 Å². The molecular weight excluding hydrogens is 192 g/mol. The Morgan fingerprint density at radius 1 is 1.33 bits per heavy atom. The summed E-state index contributed by atoms with van der Waals surface area (Å²) in [6.07, 6.45) is 5.92. The average Bonchev–Trinajstić information content (AvgIpc) is 2.76. The van der Waals surface area contributed by atoms with Crippen LogP contribution in [0.5, 0.6) is 0 Å². The van der Waals surface area contributed by atoms with E-state index in [4.69, 9.17) is 4.74 Å². The molecule has 1 amide bonds. The largest absolute Gasteiger partial charge is 0.383 e. The van der Waals surface area contributed by atoms with Gasteiger partial charge in [-0.1, -0.05) is 12.2 Å². The van der Waals surface area contributed by atoms with Gasteiger partial charge in [-0.2, -0.15) is 0 Å². The van der Waals surface area contributed by atoms with Gasteiger partial charge in [0, 0.05) is 32.7 Å². The minimum Gasteiger partial charge on any atom is -0.383 e. The molecule has 1 aliphatic carbocycles. The van der Waals surface area contributed by atoms with E-state index in [1.54, 1.807) is 7.11 Å². The van der Waals surface area contributed by atoms with Gasteiger partial charge in [-0.15, -0.1) is 0 Å². The highest BCUT2D eigenvalue weighted by Crippen LogP contribution is 2.17. The maximum absolute atomic E-state index is 11.5. The fraction of sp³-hybridized carbons (Fsp3) is 0.727. The third-order valence-corrected chi connectivity index (χ3v) is 2.46. The Balaban J connectivity index is 1.93. The topological polar surface area (TPSA) is 50.4 Å². The van der Waals surface area contributed by atoms with Crippen LogP contribution in [0.3, 0.4) is 0 Å². The smallest absolute Gasteiger partial charge is 0.223 e. The Kier molecular flexibility index (Phi) is 6.04. The molecule has 0 unspecified atom stereocenters. The van der Waals surface area contributed by atoms with E-state index < -0.39 is 0 Å². The summed E-state index contributed by atoms with van der Waals surface area (Å²) >= 11 is 0. The van der Waals surface area contributed by atoms with E-state index in [-0.39, 0.29) is 11.8 Å². The van der Waals surface area contributed by atoms with Gasteiger partial charge in [-0.05, 0) is 12.8 Å². The zero-order valence-electron chi connectivity index (χ0n) is 9.29. The van der Waals surface area contributed by atoms with E-state index in [0.29, 0.717) is 13.2 Å². The lowest BCUT2D eigenvalue weighted by molar-refractivity contribution is -0.124. The third kappa shape index (κ3) is 4.95. The van der Waals surface area contributed by atoms with Gasteiger partial charge in [-0.25, -0.2) is 0 Å². The minimum atomic E-state index is 0.170. The predicted molar refractivity (Wildman–Crippen MR) is 59.6 cm³/mol. The molecule has 0 radical (unpaired) electrons. The van der Waals surface area contributed by atoms with Crippen LogP contribution in [-0.4, -0.2) is 39.3 Å². The van der Waals surface area contributed by atoms with Crippen LogP contribution in [0.15, 0.2) is 12.2 Å². The van der Waals surface area contributed by atoms with Gasteiger partial charge in [0.2, 0.25) is 5.91 Å². The predicted octanol–water partition coefficient (Wildman–Crippen LogP) is 0.305. The monoisotopic (exact) mass is 212 g/mol. The lowest BCUT2D eigenvalue weighted by Gasteiger charge is -2.10. The Hall–Kier alpha value is -0.870. The lowest BCUT2D eigenvalue weighted by atomic mass is 10.1. The molecule has 0 aromatic carbocycles. The molecule has 1 rings (SSSR count).